The number of carbonyl (C=O) groups excluding carboxylic acids is 1. The third kappa shape index (κ3) is 3.21. The molecule has 1 aromatic carbocycles. The number of halogens is 1. The minimum atomic E-state index is -0.344. The number of nitrogens with two attached hydrogens (primary N) is 1. The standard InChI is InChI=1S/C12H11IN2O3S/c1-2-18-8-4-6(3-7(13)10(8)16)5-9-11(17)15-12(14)19-9/h3-5,16H,2H2,1H3,(H2,14,15,17)/b9-5-. The highest BCUT2D eigenvalue weighted by atomic mass is 127. The monoisotopic (exact) mass is 390 g/mol. The van der Waals surface area contributed by atoms with Gasteiger partial charge in [0.1, 0.15) is 0 Å². The van der Waals surface area contributed by atoms with E-state index in [4.69, 9.17) is 10.5 Å². The van der Waals surface area contributed by atoms with E-state index in [1.165, 1.54) is 0 Å². The lowest BCUT2D eigenvalue weighted by Crippen LogP contribution is -2.01. The predicted molar refractivity (Wildman–Crippen MR) is 84.2 cm³/mol. The van der Waals surface area contributed by atoms with Crippen molar-refractivity contribution < 1.29 is 14.6 Å². The summed E-state index contributed by atoms with van der Waals surface area (Å²) in [6.45, 7) is 2.29. The Morgan fingerprint density at radius 2 is 2.32 bits per heavy atom. The molecule has 0 spiro atoms. The lowest BCUT2D eigenvalue weighted by molar-refractivity contribution is -0.113. The van der Waals surface area contributed by atoms with Gasteiger partial charge in [0, 0.05) is 0 Å². The summed E-state index contributed by atoms with van der Waals surface area (Å²) in [7, 11) is 0. The molecule has 0 saturated carbocycles. The first-order valence-electron chi connectivity index (χ1n) is 5.44. The minimum Gasteiger partial charge on any atom is -0.504 e. The van der Waals surface area contributed by atoms with E-state index >= 15 is 0 Å². The molecule has 1 heterocycles. The van der Waals surface area contributed by atoms with Crippen molar-refractivity contribution in [1.82, 2.24) is 0 Å². The number of hydrogen-bond acceptors (Lipinski definition) is 5. The van der Waals surface area contributed by atoms with Crippen LogP contribution in [0.25, 0.3) is 6.08 Å². The lowest BCUT2D eigenvalue weighted by atomic mass is 10.2. The number of rotatable bonds is 3. The molecule has 5 nitrogen and oxygen atoms in total. The molecule has 0 aliphatic carbocycles. The number of phenols is 1. The first-order chi connectivity index (χ1) is 9.01. The number of aliphatic imine (C=N–C) groups is 1. The molecule has 0 saturated heterocycles. The largest absolute Gasteiger partial charge is 0.504 e. The number of benzene rings is 1. The Morgan fingerprint density at radius 1 is 1.58 bits per heavy atom. The summed E-state index contributed by atoms with van der Waals surface area (Å²) in [6, 6.07) is 3.43. The van der Waals surface area contributed by atoms with E-state index in [9.17, 15) is 9.90 Å². The van der Waals surface area contributed by atoms with Crippen LogP contribution in [0.5, 0.6) is 11.5 Å². The minimum absolute atomic E-state index is 0.103. The Kier molecular flexibility index (Phi) is 4.35. The van der Waals surface area contributed by atoms with Crippen LogP contribution in [-0.4, -0.2) is 22.8 Å². The molecule has 1 aromatic rings. The van der Waals surface area contributed by atoms with Crippen molar-refractivity contribution in [3.63, 3.8) is 0 Å². The molecule has 2 rings (SSSR count). The summed E-state index contributed by atoms with van der Waals surface area (Å²) in [5.41, 5.74) is 6.24. The Labute approximate surface area is 128 Å². The van der Waals surface area contributed by atoms with Crippen LogP contribution in [0.15, 0.2) is 22.0 Å². The fourth-order valence-corrected chi connectivity index (χ4v) is 2.83. The van der Waals surface area contributed by atoms with Gasteiger partial charge in [-0.1, -0.05) is 0 Å². The zero-order valence-electron chi connectivity index (χ0n) is 10.0. The van der Waals surface area contributed by atoms with Gasteiger partial charge in [-0.05, 0) is 65.0 Å². The van der Waals surface area contributed by atoms with E-state index in [1.54, 1.807) is 18.2 Å². The first-order valence-corrected chi connectivity index (χ1v) is 7.34. The van der Waals surface area contributed by atoms with Gasteiger partial charge in [-0.2, -0.15) is 4.99 Å². The Hall–Kier alpha value is -1.22. The maximum Gasteiger partial charge on any atom is 0.286 e. The number of amidine groups is 1. The predicted octanol–water partition coefficient (Wildman–Crippen LogP) is 2.32. The number of aromatic hydroxyl groups is 1. The summed E-state index contributed by atoms with van der Waals surface area (Å²) in [5.74, 6) is 0.153. The summed E-state index contributed by atoms with van der Waals surface area (Å²) >= 11 is 3.14. The molecule has 0 fully saturated rings. The fourth-order valence-electron chi connectivity index (χ4n) is 1.52. The average molecular weight is 390 g/mol. The van der Waals surface area contributed by atoms with Crippen molar-refractivity contribution in [1.29, 1.82) is 0 Å². The Bertz CT molecular complexity index is 599. The molecule has 0 radical (unpaired) electrons. The summed E-state index contributed by atoms with van der Waals surface area (Å²) in [4.78, 5) is 15.6. The van der Waals surface area contributed by atoms with Gasteiger partial charge in [0.15, 0.2) is 16.7 Å². The van der Waals surface area contributed by atoms with Crippen molar-refractivity contribution in [2.24, 2.45) is 10.7 Å². The van der Waals surface area contributed by atoms with Gasteiger partial charge in [-0.25, -0.2) is 0 Å². The van der Waals surface area contributed by atoms with E-state index < -0.39 is 0 Å². The molecule has 1 aliphatic rings. The quantitative estimate of drug-likeness (QED) is 0.611. The molecular weight excluding hydrogens is 379 g/mol. The molecule has 100 valence electrons. The molecule has 1 aliphatic heterocycles. The zero-order valence-corrected chi connectivity index (χ0v) is 13.0. The second kappa shape index (κ2) is 5.83. The second-order valence-corrected chi connectivity index (χ2v) is 5.87. The number of amides is 1. The summed E-state index contributed by atoms with van der Waals surface area (Å²) < 4.78 is 5.99. The van der Waals surface area contributed by atoms with Gasteiger partial charge in [0.2, 0.25) is 0 Å². The van der Waals surface area contributed by atoms with Crippen molar-refractivity contribution in [3.05, 3.63) is 26.2 Å². The van der Waals surface area contributed by atoms with Crippen LogP contribution >= 0.6 is 34.4 Å². The normalized spacial score (nSPS) is 16.8. The first kappa shape index (κ1) is 14.2. The van der Waals surface area contributed by atoms with Crippen LogP contribution in [0.2, 0.25) is 0 Å². The molecule has 0 bridgehead atoms. The number of thioether (sulfide) groups is 1. The van der Waals surface area contributed by atoms with Gasteiger partial charge in [-0.15, -0.1) is 0 Å². The Balaban J connectivity index is 2.36. The highest BCUT2D eigenvalue weighted by Crippen LogP contribution is 2.35. The van der Waals surface area contributed by atoms with Gasteiger partial charge in [0.25, 0.3) is 5.91 Å². The van der Waals surface area contributed by atoms with Crippen LogP contribution < -0.4 is 10.5 Å². The third-order valence-corrected chi connectivity index (χ3v) is 3.92. The zero-order chi connectivity index (χ0) is 14.0. The smallest absolute Gasteiger partial charge is 0.286 e. The van der Waals surface area contributed by atoms with E-state index in [2.05, 4.69) is 4.99 Å². The van der Waals surface area contributed by atoms with E-state index in [0.717, 1.165) is 17.3 Å². The lowest BCUT2D eigenvalue weighted by Gasteiger charge is -2.08. The number of carbonyl (C=O) groups is 1. The van der Waals surface area contributed by atoms with Crippen LogP contribution in [-0.2, 0) is 4.79 Å². The highest BCUT2D eigenvalue weighted by Gasteiger charge is 2.20. The van der Waals surface area contributed by atoms with Crippen LogP contribution in [0, 0.1) is 3.57 Å². The van der Waals surface area contributed by atoms with Crippen molar-refractivity contribution in [3.8, 4) is 11.5 Å². The molecule has 0 atom stereocenters. The summed E-state index contributed by atoms with van der Waals surface area (Å²) in [5, 5.41) is 10.1. The molecule has 1 amide bonds. The molecule has 19 heavy (non-hydrogen) atoms. The van der Waals surface area contributed by atoms with Crippen molar-refractivity contribution in [2.75, 3.05) is 6.61 Å². The fraction of sp³-hybridized carbons (Fsp3) is 0.167. The number of ether oxygens (including phenoxy) is 1. The highest BCUT2D eigenvalue weighted by molar-refractivity contribution is 14.1. The maximum absolute atomic E-state index is 11.5. The Morgan fingerprint density at radius 3 is 2.89 bits per heavy atom. The molecule has 0 aromatic heterocycles. The van der Waals surface area contributed by atoms with Gasteiger partial charge in [-0.3, -0.25) is 4.79 Å². The van der Waals surface area contributed by atoms with E-state index in [0.29, 0.717) is 20.8 Å². The van der Waals surface area contributed by atoms with Crippen LogP contribution in [0.4, 0.5) is 0 Å². The number of phenolic OH excluding ortho intramolecular Hbond substituents is 1. The molecular formula is C12H11IN2O3S. The van der Waals surface area contributed by atoms with E-state index in [1.807, 2.05) is 29.5 Å². The molecule has 3 N–H and O–H groups in total. The number of hydrogen-bond donors (Lipinski definition) is 2. The van der Waals surface area contributed by atoms with Crippen LogP contribution in [0.3, 0.4) is 0 Å². The van der Waals surface area contributed by atoms with Crippen molar-refractivity contribution in [2.45, 2.75) is 6.92 Å². The summed E-state index contributed by atoms with van der Waals surface area (Å²) in [6.07, 6.45) is 1.68. The SMILES string of the molecule is CCOc1cc(/C=C2\SC(N)=NC2=O)cc(I)c1O. The van der Waals surface area contributed by atoms with Gasteiger partial charge < -0.3 is 15.6 Å². The third-order valence-electron chi connectivity index (χ3n) is 2.29. The van der Waals surface area contributed by atoms with Gasteiger partial charge in [0.05, 0.1) is 15.1 Å². The van der Waals surface area contributed by atoms with Gasteiger partial charge >= 0.3 is 0 Å². The molecule has 0 unspecified atom stereocenters. The average Bonchev–Trinajstić information content (AvgIpc) is 2.64. The second-order valence-electron chi connectivity index (χ2n) is 3.65. The topological polar surface area (TPSA) is 84.9 Å². The maximum atomic E-state index is 11.5. The van der Waals surface area contributed by atoms with Crippen LogP contribution in [0.1, 0.15) is 12.5 Å². The van der Waals surface area contributed by atoms with E-state index in [-0.39, 0.29) is 16.8 Å². The van der Waals surface area contributed by atoms with Crippen molar-refractivity contribution >= 4 is 51.5 Å². The number of nitrogens with zero attached hydrogens (tertiary/aromatic N) is 1. The molecule has 7 heteroatoms.